The van der Waals surface area contributed by atoms with Gasteiger partial charge >= 0.3 is 0 Å². The lowest BCUT2D eigenvalue weighted by Crippen LogP contribution is -2.19. The van der Waals surface area contributed by atoms with Gasteiger partial charge in [-0.15, -0.1) is 0 Å². The molecule has 2 aromatic heterocycles. The van der Waals surface area contributed by atoms with E-state index in [9.17, 15) is 4.79 Å². The molecular formula is C14H14N4OS. The van der Waals surface area contributed by atoms with Crippen molar-refractivity contribution in [2.45, 2.75) is 10.8 Å². The number of nitrogens with zero attached hydrogens (tertiary/aromatic N) is 4. The molecule has 5 nitrogen and oxygen atoms in total. The van der Waals surface area contributed by atoms with Gasteiger partial charge in [0.15, 0.2) is 0 Å². The summed E-state index contributed by atoms with van der Waals surface area (Å²) in [5.74, 6) is 0.790. The van der Waals surface area contributed by atoms with Crippen LogP contribution in [0.3, 0.4) is 0 Å². The van der Waals surface area contributed by atoms with Crippen molar-refractivity contribution >= 4 is 22.7 Å². The van der Waals surface area contributed by atoms with Crippen molar-refractivity contribution in [1.29, 1.82) is 0 Å². The van der Waals surface area contributed by atoms with Crippen molar-refractivity contribution in [3.63, 3.8) is 0 Å². The Morgan fingerprint density at radius 2 is 1.90 bits per heavy atom. The van der Waals surface area contributed by atoms with Gasteiger partial charge in [0.2, 0.25) is 0 Å². The molecule has 0 aliphatic carbocycles. The minimum Gasteiger partial charge on any atom is -0.267 e. The molecule has 0 saturated carbocycles. The Morgan fingerprint density at radius 3 is 2.65 bits per heavy atom. The molecule has 0 unspecified atom stereocenters. The number of rotatable bonds is 3. The van der Waals surface area contributed by atoms with E-state index in [-0.39, 0.29) is 5.56 Å². The second-order valence-electron chi connectivity index (χ2n) is 4.54. The second kappa shape index (κ2) is 5.13. The van der Waals surface area contributed by atoms with Crippen molar-refractivity contribution in [2.75, 3.05) is 0 Å². The molecule has 0 spiro atoms. The van der Waals surface area contributed by atoms with E-state index < -0.39 is 0 Å². The summed E-state index contributed by atoms with van der Waals surface area (Å²) in [7, 11) is 3.48. The van der Waals surface area contributed by atoms with E-state index in [1.807, 2.05) is 25.2 Å². The number of fused-ring (bicyclic) bond motifs is 1. The minimum absolute atomic E-state index is 0.105. The summed E-state index contributed by atoms with van der Waals surface area (Å²) in [6, 6.07) is 10.1. The molecule has 0 saturated heterocycles. The number of hydrogen-bond donors (Lipinski definition) is 0. The molecule has 3 aromatic rings. The first-order valence-electron chi connectivity index (χ1n) is 6.22. The maximum atomic E-state index is 12.2. The molecule has 1 aromatic carbocycles. The Hall–Kier alpha value is -2.08. The van der Waals surface area contributed by atoms with Crippen LogP contribution >= 0.6 is 11.8 Å². The lowest BCUT2D eigenvalue weighted by Gasteiger charge is -1.99. The molecule has 0 aliphatic rings. The first-order chi connectivity index (χ1) is 9.66. The van der Waals surface area contributed by atoms with E-state index >= 15 is 0 Å². The zero-order valence-corrected chi connectivity index (χ0v) is 12.1. The Labute approximate surface area is 120 Å². The zero-order valence-electron chi connectivity index (χ0n) is 11.3. The van der Waals surface area contributed by atoms with Crippen LogP contribution in [-0.2, 0) is 19.8 Å². The van der Waals surface area contributed by atoms with E-state index in [1.165, 1.54) is 10.2 Å². The maximum absolute atomic E-state index is 12.2. The average Bonchev–Trinajstić information content (AvgIpc) is 2.79. The van der Waals surface area contributed by atoms with Crippen molar-refractivity contribution < 1.29 is 0 Å². The predicted octanol–water partition coefficient (Wildman–Crippen LogP) is 1.96. The van der Waals surface area contributed by atoms with Gasteiger partial charge in [-0.1, -0.05) is 42.1 Å². The third-order valence-electron chi connectivity index (χ3n) is 3.14. The molecule has 3 rings (SSSR count). The van der Waals surface area contributed by atoms with Gasteiger partial charge in [0.05, 0.1) is 11.7 Å². The predicted molar refractivity (Wildman–Crippen MR) is 79.8 cm³/mol. The molecule has 102 valence electrons. The van der Waals surface area contributed by atoms with Gasteiger partial charge in [0.25, 0.3) is 5.56 Å². The lowest BCUT2D eigenvalue weighted by atomic mass is 10.2. The molecule has 0 amide bonds. The Balaban J connectivity index is 2.00. The Bertz CT molecular complexity index is 807. The van der Waals surface area contributed by atoms with Crippen LogP contribution < -0.4 is 5.56 Å². The molecular weight excluding hydrogens is 272 g/mol. The number of aromatic nitrogens is 4. The molecule has 20 heavy (non-hydrogen) atoms. The summed E-state index contributed by atoms with van der Waals surface area (Å²) in [4.78, 5) is 12.2. The fraction of sp³-hybridized carbons (Fsp3) is 0.214. The minimum atomic E-state index is -0.105. The van der Waals surface area contributed by atoms with E-state index in [0.29, 0.717) is 5.39 Å². The number of hydrogen-bond acceptors (Lipinski definition) is 4. The van der Waals surface area contributed by atoms with Crippen molar-refractivity contribution in [2.24, 2.45) is 14.1 Å². The van der Waals surface area contributed by atoms with Gasteiger partial charge in [0, 0.05) is 19.8 Å². The molecule has 0 atom stereocenters. The molecule has 6 heteroatoms. The fourth-order valence-corrected chi connectivity index (χ4v) is 3.06. The van der Waals surface area contributed by atoms with Gasteiger partial charge in [-0.05, 0) is 5.56 Å². The van der Waals surface area contributed by atoms with Gasteiger partial charge in [-0.25, -0.2) is 4.68 Å². The quantitative estimate of drug-likeness (QED) is 0.691. The molecule has 0 radical (unpaired) electrons. The van der Waals surface area contributed by atoms with E-state index in [4.69, 9.17) is 0 Å². The highest BCUT2D eigenvalue weighted by Crippen LogP contribution is 2.26. The van der Waals surface area contributed by atoms with E-state index in [1.54, 1.807) is 29.7 Å². The molecule has 0 N–H and O–H groups in total. The first-order valence-corrected chi connectivity index (χ1v) is 7.21. The third-order valence-corrected chi connectivity index (χ3v) is 4.18. The van der Waals surface area contributed by atoms with Crippen molar-refractivity contribution in [3.8, 4) is 0 Å². The van der Waals surface area contributed by atoms with Crippen LogP contribution in [0.25, 0.3) is 10.9 Å². The smallest absolute Gasteiger partial charge is 0.267 e. The zero-order chi connectivity index (χ0) is 14.1. The number of aryl methyl sites for hydroxylation is 2. The normalized spacial score (nSPS) is 11.1. The monoisotopic (exact) mass is 286 g/mol. The Kier molecular flexibility index (Phi) is 3.31. The van der Waals surface area contributed by atoms with Crippen LogP contribution in [0, 0.1) is 0 Å². The summed E-state index contributed by atoms with van der Waals surface area (Å²) >= 11 is 1.57. The molecule has 0 fully saturated rings. The highest BCUT2D eigenvalue weighted by Gasteiger charge is 2.14. The van der Waals surface area contributed by atoms with Crippen LogP contribution in [0.4, 0.5) is 0 Å². The molecule has 0 bridgehead atoms. The van der Waals surface area contributed by atoms with Gasteiger partial charge in [0.1, 0.15) is 10.4 Å². The summed E-state index contributed by atoms with van der Waals surface area (Å²) in [5, 5.41) is 9.87. The van der Waals surface area contributed by atoms with E-state index in [0.717, 1.165) is 16.3 Å². The largest absolute Gasteiger partial charge is 0.278 e. The standard InChI is InChI=1S/C14H14N4OS/c1-17-11-8-15-18(2)14(19)12(11)13(16-17)20-9-10-6-4-3-5-7-10/h3-8H,9H2,1-2H3. The fourth-order valence-electron chi connectivity index (χ4n) is 2.04. The van der Waals surface area contributed by atoms with Crippen LogP contribution in [-0.4, -0.2) is 19.6 Å². The maximum Gasteiger partial charge on any atom is 0.278 e. The average molecular weight is 286 g/mol. The van der Waals surface area contributed by atoms with Crippen molar-refractivity contribution in [3.05, 3.63) is 52.4 Å². The van der Waals surface area contributed by atoms with Crippen LogP contribution in [0.15, 0.2) is 46.3 Å². The summed E-state index contributed by atoms with van der Waals surface area (Å²) < 4.78 is 3.05. The number of thioether (sulfide) groups is 1. The summed E-state index contributed by atoms with van der Waals surface area (Å²) in [5.41, 5.74) is 1.87. The van der Waals surface area contributed by atoms with Crippen LogP contribution in [0.1, 0.15) is 5.56 Å². The highest BCUT2D eigenvalue weighted by molar-refractivity contribution is 7.98. The van der Waals surface area contributed by atoms with Crippen LogP contribution in [0.5, 0.6) is 0 Å². The van der Waals surface area contributed by atoms with Gasteiger partial charge in [-0.3, -0.25) is 9.48 Å². The van der Waals surface area contributed by atoms with Gasteiger partial charge in [-0.2, -0.15) is 10.2 Å². The van der Waals surface area contributed by atoms with Gasteiger partial charge < -0.3 is 0 Å². The summed E-state index contributed by atoms with van der Waals surface area (Å²) in [6.45, 7) is 0. The molecule has 0 aliphatic heterocycles. The van der Waals surface area contributed by atoms with E-state index in [2.05, 4.69) is 22.3 Å². The van der Waals surface area contributed by atoms with Crippen LogP contribution in [0.2, 0.25) is 0 Å². The lowest BCUT2D eigenvalue weighted by molar-refractivity contribution is 0.713. The second-order valence-corrected chi connectivity index (χ2v) is 5.50. The third kappa shape index (κ3) is 2.22. The number of benzene rings is 1. The van der Waals surface area contributed by atoms with Crippen molar-refractivity contribution in [1.82, 2.24) is 19.6 Å². The first kappa shape index (κ1) is 12.9. The summed E-state index contributed by atoms with van der Waals surface area (Å²) in [6.07, 6.45) is 1.68. The molecule has 2 heterocycles. The Morgan fingerprint density at radius 1 is 1.15 bits per heavy atom. The highest BCUT2D eigenvalue weighted by atomic mass is 32.2. The topological polar surface area (TPSA) is 52.7 Å². The SMILES string of the molecule is Cn1ncc2c(c(SCc3ccccc3)nn2C)c1=O.